The third kappa shape index (κ3) is 2.90. The highest BCUT2D eigenvalue weighted by molar-refractivity contribution is 7.89. The van der Waals surface area contributed by atoms with Crippen LogP contribution in [-0.2, 0) is 14.8 Å². The van der Waals surface area contributed by atoms with E-state index in [0.717, 1.165) is 43.6 Å². The van der Waals surface area contributed by atoms with Crippen LogP contribution < -0.4 is 0 Å². The van der Waals surface area contributed by atoms with Gasteiger partial charge in [-0.15, -0.1) is 0 Å². The van der Waals surface area contributed by atoms with Crippen molar-refractivity contribution in [2.75, 3.05) is 26.0 Å². The maximum Gasteiger partial charge on any atom is 0.216 e. The van der Waals surface area contributed by atoms with Crippen LogP contribution in [0, 0.1) is 17.8 Å². The number of ether oxygens (including phenoxy) is 1. The van der Waals surface area contributed by atoms with E-state index in [1.165, 1.54) is 25.7 Å². The van der Waals surface area contributed by atoms with Crippen molar-refractivity contribution in [2.45, 2.75) is 51.0 Å². The fourth-order valence-electron chi connectivity index (χ4n) is 4.73. The number of fused-ring (bicyclic) bond motifs is 2. The van der Waals surface area contributed by atoms with Crippen molar-refractivity contribution in [3.05, 3.63) is 0 Å². The molecule has 3 rings (SSSR count). The minimum atomic E-state index is -3.12. The summed E-state index contributed by atoms with van der Waals surface area (Å²) >= 11 is 0. The predicted octanol–water partition coefficient (Wildman–Crippen LogP) is 2.25. The summed E-state index contributed by atoms with van der Waals surface area (Å²) in [7, 11) is -1.56. The van der Waals surface area contributed by atoms with Gasteiger partial charge < -0.3 is 4.74 Å². The largest absolute Gasteiger partial charge is 0.384 e. The lowest BCUT2D eigenvalue weighted by Gasteiger charge is -2.29. The molecule has 1 saturated heterocycles. The molecule has 1 aliphatic heterocycles. The van der Waals surface area contributed by atoms with E-state index < -0.39 is 10.0 Å². The molecule has 2 aliphatic carbocycles. The van der Waals surface area contributed by atoms with E-state index in [0.29, 0.717) is 6.61 Å². The summed E-state index contributed by atoms with van der Waals surface area (Å²) in [6, 6.07) is 0.265. The maximum absolute atomic E-state index is 12.4. The second-order valence-corrected chi connectivity index (χ2v) is 8.93. The van der Waals surface area contributed by atoms with Gasteiger partial charge in [-0.3, -0.25) is 0 Å². The summed E-state index contributed by atoms with van der Waals surface area (Å²) in [4.78, 5) is 0. The summed E-state index contributed by atoms with van der Waals surface area (Å²) in [6.07, 6.45) is 8.76. The van der Waals surface area contributed by atoms with Crippen LogP contribution in [0.2, 0.25) is 0 Å². The molecule has 0 unspecified atom stereocenters. The molecule has 0 aromatic rings. The number of hydrogen-bond acceptors (Lipinski definition) is 3. The van der Waals surface area contributed by atoms with Gasteiger partial charge in [-0.2, -0.15) is 4.31 Å². The molecule has 3 fully saturated rings. The first-order valence-corrected chi connectivity index (χ1v) is 9.69. The quantitative estimate of drug-likeness (QED) is 0.756. The van der Waals surface area contributed by atoms with Gasteiger partial charge in [0.1, 0.15) is 0 Å². The van der Waals surface area contributed by atoms with Crippen LogP contribution in [0.25, 0.3) is 0 Å². The number of nitrogens with zero attached hydrogens (tertiary/aromatic N) is 1. The lowest BCUT2D eigenvalue weighted by molar-refractivity contribution is 0.213. The molecule has 3 aliphatic rings. The maximum atomic E-state index is 12.4. The molecule has 116 valence electrons. The fourth-order valence-corrected chi connectivity index (χ4v) is 6.40. The molecule has 2 bridgehead atoms. The normalized spacial score (nSPS) is 37.9. The Morgan fingerprint density at radius 1 is 1.20 bits per heavy atom. The highest BCUT2D eigenvalue weighted by Gasteiger charge is 2.43. The topological polar surface area (TPSA) is 46.6 Å². The summed E-state index contributed by atoms with van der Waals surface area (Å²) in [5.74, 6) is 2.77. The van der Waals surface area contributed by atoms with Gasteiger partial charge in [0.05, 0.1) is 12.4 Å². The van der Waals surface area contributed by atoms with Gasteiger partial charge in [0.2, 0.25) is 10.0 Å². The van der Waals surface area contributed by atoms with Crippen molar-refractivity contribution in [3.63, 3.8) is 0 Å². The van der Waals surface area contributed by atoms with Crippen molar-refractivity contribution in [2.24, 2.45) is 17.8 Å². The molecule has 0 radical (unpaired) electrons. The predicted molar refractivity (Wildman–Crippen MR) is 78.9 cm³/mol. The number of sulfonamides is 1. The van der Waals surface area contributed by atoms with Gasteiger partial charge in [-0.25, -0.2) is 8.42 Å². The Bertz CT molecular complexity index is 436. The Balaban J connectivity index is 1.61. The van der Waals surface area contributed by atoms with E-state index in [-0.39, 0.29) is 11.8 Å². The zero-order chi connectivity index (χ0) is 14.2. The van der Waals surface area contributed by atoms with Crippen LogP contribution >= 0.6 is 0 Å². The van der Waals surface area contributed by atoms with Gasteiger partial charge in [0.25, 0.3) is 0 Å². The average Bonchev–Trinajstić information content (AvgIpc) is 3.12. The molecule has 2 saturated carbocycles. The zero-order valence-electron chi connectivity index (χ0n) is 12.5. The van der Waals surface area contributed by atoms with Gasteiger partial charge in [-0.1, -0.05) is 6.42 Å². The minimum absolute atomic E-state index is 0.136. The first kappa shape index (κ1) is 14.8. The highest BCUT2D eigenvalue weighted by atomic mass is 32.2. The van der Waals surface area contributed by atoms with Crippen molar-refractivity contribution in [1.29, 1.82) is 0 Å². The van der Waals surface area contributed by atoms with Crippen molar-refractivity contribution in [1.82, 2.24) is 4.31 Å². The van der Waals surface area contributed by atoms with Crippen LogP contribution in [0.1, 0.15) is 44.9 Å². The van der Waals surface area contributed by atoms with E-state index >= 15 is 0 Å². The van der Waals surface area contributed by atoms with Gasteiger partial charge >= 0.3 is 0 Å². The van der Waals surface area contributed by atoms with Gasteiger partial charge in [0.15, 0.2) is 0 Å². The molecule has 4 atom stereocenters. The molecule has 4 nitrogen and oxygen atoms in total. The minimum Gasteiger partial charge on any atom is -0.384 e. The molecule has 0 amide bonds. The van der Waals surface area contributed by atoms with Crippen LogP contribution in [0.3, 0.4) is 0 Å². The molecule has 0 spiro atoms. The molecule has 20 heavy (non-hydrogen) atoms. The van der Waals surface area contributed by atoms with Gasteiger partial charge in [0, 0.05) is 19.7 Å². The third-order valence-corrected chi connectivity index (χ3v) is 7.56. The third-order valence-electron chi connectivity index (χ3n) is 5.69. The Morgan fingerprint density at radius 3 is 2.70 bits per heavy atom. The summed E-state index contributed by atoms with van der Waals surface area (Å²) in [6.45, 7) is 1.03. The van der Waals surface area contributed by atoms with E-state index in [2.05, 4.69) is 0 Å². The van der Waals surface area contributed by atoms with E-state index in [1.54, 1.807) is 11.4 Å². The number of hydrogen-bond donors (Lipinski definition) is 0. The zero-order valence-corrected chi connectivity index (χ0v) is 13.3. The molecule has 5 heteroatoms. The molecule has 0 aromatic carbocycles. The van der Waals surface area contributed by atoms with Crippen LogP contribution in [0.4, 0.5) is 0 Å². The number of rotatable bonds is 6. The number of methoxy groups -OCH3 is 1. The van der Waals surface area contributed by atoms with Crippen LogP contribution in [-0.4, -0.2) is 44.8 Å². The monoisotopic (exact) mass is 301 g/mol. The molecule has 0 aromatic heterocycles. The molecule has 1 heterocycles. The average molecular weight is 301 g/mol. The van der Waals surface area contributed by atoms with Crippen molar-refractivity contribution in [3.8, 4) is 0 Å². The van der Waals surface area contributed by atoms with E-state index in [9.17, 15) is 8.42 Å². The fraction of sp³-hybridized carbons (Fsp3) is 1.00. The molecular formula is C15H27NO3S. The SMILES string of the molecule is COCCS(=O)(=O)N1CCC[C@H]1C[C@@H]1C[C@H]2CC[C@H]1C2. The summed E-state index contributed by atoms with van der Waals surface area (Å²) in [5.41, 5.74) is 0. The Kier molecular flexibility index (Phi) is 4.39. The Labute approximate surface area is 122 Å². The standard InChI is InChI=1S/C15H27NO3S/c1-19-7-8-20(17,18)16-6-2-3-15(16)11-14-10-12-4-5-13(14)9-12/h12-15H,2-11H2,1H3/t12-,13-,14-,15-/m0/s1. The summed E-state index contributed by atoms with van der Waals surface area (Å²) in [5, 5.41) is 0. The lowest BCUT2D eigenvalue weighted by atomic mass is 9.84. The second kappa shape index (κ2) is 5.93. The van der Waals surface area contributed by atoms with Crippen LogP contribution in [0.15, 0.2) is 0 Å². The van der Waals surface area contributed by atoms with Crippen molar-refractivity contribution >= 4 is 10.0 Å². The van der Waals surface area contributed by atoms with E-state index in [1.807, 2.05) is 0 Å². The van der Waals surface area contributed by atoms with Crippen LogP contribution in [0.5, 0.6) is 0 Å². The Morgan fingerprint density at radius 2 is 2.05 bits per heavy atom. The first-order chi connectivity index (χ1) is 9.60. The first-order valence-electron chi connectivity index (χ1n) is 8.08. The van der Waals surface area contributed by atoms with Crippen molar-refractivity contribution < 1.29 is 13.2 Å². The summed E-state index contributed by atoms with van der Waals surface area (Å²) < 4.78 is 31.5. The molecular weight excluding hydrogens is 274 g/mol. The Hall–Kier alpha value is -0.130. The lowest BCUT2D eigenvalue weighted by Crippen LogP contribution is -2.39. The second-order valence-electron chi connectivity index (χ2n) is 6.89. The highest BCUT2D eigenvalue weighted by Crippen LogP contribution is 2.50. The smallest absolute Gasteiger partial charge is 0.216 e. The molecule has 0 N–H and O–H groups in total. The van der Waals surface area contributed by atoms with Gasteiger partial charge in [-0.05, 0) is 56.3 Å². The van der Waals surface area contributed by atoms with E-state index in [4.69, 9.17) is 4.74 Å².